The minimum Gasteiger partial charge on any atom is -0.508 e. The molecule has 4 N–H and O–H groups in total. The van der Waals surface area contributed by atoms with Crippen LogP contribution in [0, 0.1) is 0 Å². The van der Waals surface area contributed by atoms with Crippen LogP contribution in [0.25, 0.3) is 0 Å². The molecule has 2 rings (SSSR count). The van der Waals surface area contributed by atoms with Crippen molar-refractivity contribution in [3.05, 3.63) is 29.8 Å². The van der Waals surface area contributed by atoms with Crippen LogP contribution >= 0.6 is 11.8 Å². The largest absolute Gasteiger partial charge is 0.508 e. The molecule has 0 saturated carbocycles. The molecule has 1 saturated heterocycles. The summed E-state index contributed by atoms with van der Waals surface area (Å²) in [4.78, 5) is 24.6. The molecule has 0 aromatic heterocycles. The second-order valence-corrected chi connectivity index (χ2v) is 5.64. The van der Waals surface area contributed by atoms with E-state index in [-0.39, 0.29) is 11.7 Å². The summed E-state index contributed by atoms with van der Waals surface area (Å²) < 4.78 is 0. The van der Waals surface area contributed by atoms with Gasteiger partial charge in [0.25, 0.3) is 0 Å². The maximum Gasteiger partial charge on any atom is 0.327 e. The zero-order valence-electron chi connectivity index (χ0n) is 10.7. The van der Waals surface area contributed by atoms with Crippen LogP contribution in [0.3, 0.4) is 0 Å². The van der Waals surface area contributed by atoms with Gasteiger partial charge in [-0.15, -0.1) is 11.8 Å². The van der Waals surface area contributed by atoms with Crippen LogP contribution in [-0.2, 0) is 16.0 Å². The van der Waals surface area contributed by atoms with E-state index in [4.69, 9.17) is 10.8 Å². The second-order valence-electron chi connectivity index (χ2n) is 4.64. The van der Waals surface area contributed by atoms with E-state index in [2.05, 4.69) is 0 Å². The zero-order chi connectivity index (χ0) is 14.7. The van der Waals surface area contributed by atoms with Crippen molar-refractivity contribution in [1.29, 1.82) is 0 Å². The van der Waals surface area contributed by atoms with Crippen molar-refractivity contribution in [3.8, 4) is 5.75 Å². The standard InChI is InChI=1S/C13H16N2O4S/c14-10(5-8-1-3-9(16)4-2-8)12(17)15-7-20-6-11(15)13(18)19/h1-4,10-11,16H,5-7,14H2,(H,18,19)/t10-,11-/m0/s1. The Bertz CT molecular complexity index is 506. The molecule has 1 fully saturated rings. The normalized spacial score (nSPS) is 19.9. The van der Waals surface area contributed by atoms with E-state index >= 15 is 0 Å². The number of hydrogen-bond donors (Lipinski definition) is 3. The molecule has 108 valence electrons. The molecule has 2 atom stereocenters. The molecular formula is C13H16N2O4S. The summed E-state index contributed by atoms with van der Waals surface area (Å²) in [5.74, 6) is -0.447. The van der Waals surface area contributed by atoms with E-state index in [1.165, 1.54) is 28.8 Å². The highest BCUT2D eigenvalue weighted by Crippen LogP contribution is 2.22. The quantitative estimate of drug-likeness (QED) is 0.735. The molecule has 1 aliphatic heterocycles. The number of aliphatic carboxylic acids is 1. The second kappa shape index (κ2) is 6.15. The average Bonchev–Trinajstić information content (AvgIpc) is 2.90. The van der Waals surface area contributed by atoms with Crippen LogP contribution in [0.4, 0.5) is 0 Å². The lowest BCUT2D eigenvalue weighted by molar-refractivity contribution is -0.148. The Morgan fingerprint density at radius 1 is 1.40 bits per heavy atom. The third kappa shape index (κ3) is 3.23. The van der Waals surface area contributed by atoms with Crippen molar-refractivity contribution >= 4 is 23.6 Å². The molecule has 1 aromatic carbocycles. The molecule has 1 aromatic rings. The molecule has 0 bridgehead atoms. The van der Waals surface area contributed by atoms with E-state index in [1.54, 1.807) is 12.1 Å². The third-order valence-corrected chi connectivity index (χ3v) is 4.17. The van der Waals surface area contributed by atoms with Gasteiger partial charge in [0.05, 0.1) is 11.9 Å². The maximum atomic E-state index is 12.2. The van der Waals surface area contributed by atoms with E-state index in [9.17, 15) is 14.7 Å². The van der Waals surface area contributed by atoms with Gasteiger partial charge in [0.1, 0.15) is 11.8 Å². The van der Waals surface area contributed by atoms with E-state index < -0.39 is 18.1 Å². The smallest absolute Gasteiger partial charge is 0.327 e. The van der Waals surface area contributed by atoms with Crippen LogP contribution in [0.1, 0.15) is 5.56 Å². The molecule has 6 nitrogen and oxygen atoms in total. The number of carbonyl (C=O) groups is 2. The monoisotopic (exact) mass is 296 g/mol. The van der Waals surface area contributed by atoms with Crippen LogP contribution in [0.2, 0.25) is 0 Å². The van der Waals surface area contributed by atoms with Crippen LogP contribution in [0.15, 0.2) is 24.3 Å². The van der Waals surface area contributed by atoms with Gasteiger partial charge in [0.15, 0.2) is 0 Å². The lowest BCUT2D eigenvalue weighted by Gasteiger charge is -2.24. The van der Waals surface area contributed by atoms with Crippen molar-refractivity contribution < 1.29 is 19.8 Å². The van der Waals surface area contributed by atoms with Crippen LogP contribution < -0.4 is 5.73 Å². The summed E-state index contributed by atoms with van der Waals surface area (Å²) in [7, 11) is 0. The Labute approximate surface area is 120 Å². The van der Waals surface area contributed by atoms with Crippen LogP contribution in [-0.4, -0.2) is 50.7 Å². The number of nitrogens with two attached hydrogens (primary N) is 1. The van der Waals surface area contributed by atoms with Gasteiger partial charge in [-0.05, 0) is 24.1 Å². The van der Waals surface area contributed by atoms with Gasteiger partial charge in [-0.3, -0.25) is 4.79 Å². The molecule has 0 spiro atoms. The fourth-order valence-corrected chi connectivity index (χ4v) is 3.21. The topological polar surface area (TPSA) is 104 Å². The first kappa shape index (κ1) is 14.7. The number of rotatable bonds is 4. The van der Waals surface area contributed by atoms with Gasteiger partial charge in [0.2, 0.25) is 5.91 Å². The highest BCUT2D eigenvalue weighted by Gasteiger charge is 2.36. The number of phenols is 1. The van der Waals surface area contributed by atoms with Gasteiger partial charge in [-0.25, -0.2) is 4.79 Å². The lowest BCUT2D eigenvalue weighted by atomic mass is 10.0. The fraction of sp³-hybridized carbons (Fsp3) is 0.385. The van der Waals surface area contributed by atoms with Crippen LogP contribution in [0.5, 0.6) is 5.75 Å². The summed E-state index contributed by atoms with van der Waals surface area (Å²) in [5, 5.41) is 18.3. The van der Waals surface area contributed by atoms with Crippen molar-refractivity contribution in [2.45, 2.75) is 18.5 Å². The van der Waals surface area contributed by atoms with Crippen molar-refractivity contribution in [2.24, 2.45) is 5.73 Å². The first-order valence-corrected chi connectivity index (χ1v) is 7.29. The number of aromatic hydroxyl groups is 1. The Morgan fingerprint density at radius 3 is 2.65 bits per heavy atom. The molecule has 0 unspecified atom stereocenters. The zero-order valence-corrected chi connectivity index (χ0v) is 11.5. The Balaban J connectivity index is 2.01. The highest BCUT2D eigenvalue weighted by molar-refractivity contribution is 7.99. The first-order chi connectivity index (χ1) is 9.49. The van der Waals surface area contributed by atoms with Gasteiger partial charge < -0.3 is 20.8 Å². The maximum absolute atomic E-state index is 12.2. The Kier molecular flexibility index (Phi) is 4.51. The number of carbonyl (C=O) groups excluding carboxylic acids is 1. The number of amides is 1. The Morgan fingerprint density at radius 2 is 2.05 bits per heavy atom. The summed E-state index contributed by atoms with van der Waals surface area (Å²) in [6, 6.07) is 4.86. The number of hydrogen-bond acceptors (Lipinski definition) is 5. The molecule has 20 heavy (non-hydrogen) atoms. The van der Waals surface area contributed by atoms with Gasteiger partial charge in [-0.1, -0.05) is 12.1 Å². The average molecular weight is 296 g/mol. The Hall–Kier alpha value is -1.73. The number of carboxylic acid groups (broad SMARTS) is 1. The van der Waals surface area contributed by atoms with Crippen molar-refractivity contribution in [1.82, 2.24) is 4.90 Å². The van der Waals surface area contributed by atoms with E-state index in [1.807, 2.05) is 0 Å². The van der Waals surface area contributed by atoms with Gasteiger partial charge in [-0.2, -0.15) is 0 Å². The SMILES string of the molecule is N[C@@H](Cc1ccc(O)cc1)C(=O)N1CSC[C@H]1C(=O)O. The summed E-state index contributed by atoms with van der Waals surface area (Å²) >= 11 is 1.41. The summed E-state index contributed by atoms with van der Waals surface area (Å²) in [5.41, 5.74) is 6.70. The molecule has 7 heteroatoms. The molecule has 0 radical (unpaired) electrons. The number of phenolic OH excluding ortho intramolecular Hbond substituents is 1. The van der Waals surface area contributed by atoms with Crippen molar-refractivity contribution in [2.75, 3.05) is 11.6 Å². The van der Waals surface area contributed by atoms with E-state index in [0.717, 1.165) is 5.56 Å². The molecule has 0 aliphatic carbocycles. The van der Waals surface area contributed by atoms with Gasteiger partial charge in [0, 0.05) is 5.75 Å². The predicted octanol–water partition coefficient (Wildman–Crippen LogP) is 0.248. The highest BCUT2D eigenvalue weighted by atomic mass is 32.2. The first-order valence-electron chi connectivity index (χ1n) is 6.13. The number of thioether (sulfide) groups is 1. The fourth-order valence-electron chi connectivity index (χ4n) is 2.05. The molecular weight excluding hydrogens is 280 g/mol. The lowest BCUT2D eigenvalue weighted by Crippen LogP contribution is -2.49. The summed E-state index contributed by atoms with van der Waals surface area (Å²) in [6.07, 6.45) is 0.312. The third-order valence-electron chi connectivity index (χ3n) is 3.16. The number of benzene rings is 1. The molecule has 1 amide bonds. The number of carboxylic acids is 1. The predicted molar refractivity (Wildman–Crippen MR) is 75.4 cm³/mol. The minimum absolute atomic E-state index is 0.149. The molecule has 1 heterocycles. The number of nitrogens with zero attached hydrogens (tertiary/aromatic N) is 1. The minimum atomic E-state index is -1.000. The van der Waals surface area contributed by atoms with Crippen molar-refractivity contribution in [3.63, 3.8) is 0 Å². The molecule has 1 aliphatic rings. The summed E-state index contributed by atoms with van der Waals surface area (Å²) in [6.45, 7) is 0. The van der Waals surface area contributed by atoms with Gasteiger partial charge >= 0.3 is 5.97 Å². The van der Waals surface area contributed by atoms with E-state index in [0.29, 0.717) is 18.1 Å².